The number of hydrogen-bond acceptors (Lipinski definition) is 4. The molecule has 2 aromatic carbocycles. The minimum atomic E-state index is 0.0100. The van der Waals surface area contributed by atoms with E-state index in [2.05, 4.69) is 67.4 Å². The van der Waals surface area contributed by atoms with Crippen molar-refractivity contribution in [2.45, 2.75) is 59.3 Å². The topological polar surface area (TPSA) is 53.9 Å². The van der Waals surface area contributed by atoms with Crippen LogP contribution in [-0.4, -0.2) is 49.9 Å². The number of benzene rings is 2. The Balaban J connectivity index is 1.80. The van der Waals surface area contributed by atoms with E-state index < -0.39 is 0 Å². The van der Waals surface area contributed by atoms with Crippen LogP contribution in [0.15, 0.2) is 59.2 Å². The highest BCUT2D eigenvalue weighted by molar-refractivity contribution is 5.90. The van der Waals surface area contributed by atoms with Crippen LogP contribution in [-0.2, 0) is 9.53 Å². The highest BCUT2D eigenvalue weighted by atomic mass is 16.5. The summed E-state index contributed by atoms with van der Waals surface area (Å²) in [6.07, 6.45) is 7.55. The van der Waals surface area contributed by atoms with Crippen LogP contribution in [0.3, 0.4) is 0 Å². The zero-order chi connectivity index (χ0) is 25.0. The van der Waals surface area contributed by atoms with Gasteiger partial charge in [0, 0.05) is 37.1 Å². The number of allylic oxidation sites excluding steroid dienone is 2. The van der Waals surface area contributed by atoms with Gasteiger partial charge in [-0.3, -0.25) is 14.7 Å². The van der Waals surface area contributed by atoms with E-state index in [1.54, 1.807) is 0 Å². The van der Waals surface area contributed by atoms with Gasteiger partial charge in [0.1, 0.15) is 0 Å². The highest BCUT2D eigenvalue weighted by Gasteiger charge is 2.22. The highest BCUT2D eigenvalue weighted by Crippen LogP contribution is 2.36. The lowest BCUT2D eigenvalue weighted by molar-refractivity contribution is -0.116. The van der Waals surface area contributed by atoms with Crippen molar-refractivity contribution in [1.82, 2.24) is 4.90 Å². The van der Waals surface area contributed by atoms with Crippen LogP contribution < -0.4 is 5.32 Å². The Hall–Kier alpha value is -2.76. The molecule has 2 aromatic rings. The van der Waals surface area contributed by atoms with Gasteiger partial charge >= 0.3 is 0 Å². The molecule has 3 rings (SSSR count). The van der Waals surface area contributed by atoms with E-state index in [4.69, 9.17) is 9.73 Å². The predicted molar refractivity (Wildman–Crippen MR) is 146 cm³/mol. The van der Waals surface area contributed by atoms with Gasteiger partial charge in [-0.05, 0) is 74.5 Å². The molecule has 1 aliphatic heterocycles. The fraction of sp³-hybridized carbons (Fsp3) is 0.467. The molecular weight excluding hydrogens is 434 g/mol. The first kappa shape index (κ1) is 26.8. The SMILES string of the molecule is CC=N/C(=C\CCC)C(c1cccc(NC(=O)CCCN2CCOCC2)c1)c1cccc(C)c1C. The largest absolute Gasteiger partial charge is 0.379 e. The summed E-state index contributed by atoms with van der Waals surface area (Å²) in [6, 6.07) is 14.7. The van der Waals surface area contributed by atoms with Crippen LogP contribution in [0.5, 0.6) is 0 Å². The van der Waals surface area contributed by atoms with Crippen LogP contribution in [0.1, 0.15) is 67.7 Å². The van der Waals surface area contributed by atoms with Gasteiger partial charge in [0.05, 0.1) is 19.1 Å². The average Bonchev–Trinajstić information content (AvgIpc) is 2.86. The lowest BCUT2D eigenvalue weighted by atomic mass is 9.84. The maximum atomic E-state index is 12.7. The molecule has 5 heteroatoms. The van der Waals surface area contributed by atoms with Crippen LogP contribution in [0, 0.1) is 13.8 Å². The summed E-state index contributed by atoms with van der Waals surface area (Å²) in [4.78, 5) is 19.9. The van der Waals surface area contributed by atoms with Gasteiger partial charge in [-0.2, -0.15) is 0 Å². The number of amides is 1. The maximum absolute atomic E-state index is 12.7. The quantitative estimate of drug-likeness (QED) is 0.390. The van der Waals surface area contributed by atoms with Crippen molar-refractivity contribution in [3.8, 4) is 0 Å². The molecule has 0 spiro atoms. The number of aliphatic imine (C=N–C) groups is 1. The number of carbonyl (C=O) groups excluding carboxylic acids is 1. The normalized spacial score (nSPS) is 15.9. The van der Waals surface area contributed by atoms with Crippen molar-refractivity contribution in [3.05, 3.63) is 76.5 Å². The van der Waals surface area contributed by atoms with Crippen LogP contribution in [0.2, 0.25) is 0 Å². The number of nitrogens with one attached hydrogen (secondary N) is 1. The number of carbonyl (C=O) groups is 1. The van der Waals surface area contributed by atoms with Gasteiger partial charge in [0.15, 0.2) is 0 Å². The van der Waals surface area contributed by atoms with Crippen molar-refractivity contribution in [1.29, 1.82) is 0 Å². The van der Waals surface area contributed by atoms with Gasteiger partial charge in [-0.25, -0.2) is 0 Å². The van der Waals surface area contributed by atoms with Gasteiger partial charge in [0.25, 0.3) is 0 Å². The minimum Gasteiger partial charge on any atom is -0.379 e. The molecule has 0 aromatic heterocycles. The van der Waals surface area contributed by atoms with Crippen molar-refractivity contribution < 1.29 is 9.53 Å². The number of ether oxygens (including phenoxy) is 1. The van der Waals surface area contributed by atoms with Crippen LogP contribution >= 0.6 is 0 Å². The summed E-state index contributed by atoms with van der Waals surface area (Å²) in [7, 11) is 0. The van der Waals surface area contributed by atoms with E-state index in [0.717, 1.165) is 69.1 Å². The number of hydrogen-bond donors (Lipinski definition) is 1. The van der Waals surface area contributed by atoms with Crippen molar-refractivity contribution in [2.24, 2.45) is 4.99 Å². The molecule has 0 saturated carbocycles. The number of rotatable bonds is 11. The average molecular weight is 476 g/mol. The molecule has 1 aliphatic rings. The van der Waals surface area contributed by atoms with E-state index >= 15 is 0 Å². The lowest BCUT2D eigenvalue weighted by Gasteiger charge is -2.26. The maximum Gasteiger partial charge on any atom is 0.224 e. The zero-order valence-electron chi connectivity index (χ0n) is 21.8. The fourth-order valence-electron chi connectivity index (χ4n) is 4.59. The van der Waals surface area contributed by atoms with E-state index in [1.165, 1.54) is 16.7 Å². The first-order valence-corrected chi connectivity index (χ1v) is 13.0. The van der Waals surface area contributed by atoms with Crippen LogP contribution in [0.25, 0.3) is 0 Å². The zero-order valence-corrected chi connectivity index (χ0v) is 21.8. The molecule has 1 N–H and O–H groups in total. The van der Waals surface area contributed by atoms with E-state index in [-0.39, 0.29) is 11.8 Å². The van der Waals surface area contributed by atoms with Crippen molar-refractivity contribution in [2.75, 3.05) is 38.2 Å². The molecule has 1 atom stereocenters. The smallest absolute Gasteiger partial charge is 0.224 e. The van der Waals surface area contributed by atoms with E-state index in [9.17, 15) is 4.79 Å². The number of unbranched alkanes of at least 4 members (excludes halogenated alkanes) is 1. The molecule has 1 unspecified atom stereocenters. The van der Waals surface area contributed by atoms with Crippen molar-refractivity contribution in [3.63, 3.8) is 0 Å². The second-order valence-electron chi connectivity index (χ2n) is 9.26. The molecular formula is C30H41N3O2. The minimum absolute atomic E-state index is 0.0100. The Morgan fingerprint density at radius 3 is 2.69 bits per heavy atom. The second-order valence-corrected chi connectivity index (χ2v) is 9.26. The third-order valence-corrected chi connectivity index (χ3v) is 6.66. The molecule has 1 heterocycles. The fourth-order valence-corrected chi connectivity index (χ4v) is 4.59. The molecule has 0 bridgehead atoms. The third kappa shape index (κ3) is 7.87. The first-order chi connectivity index (χ1) is 17.0. The molecule has 188 valence electrons. The van der Waals surface area contributed by atoms with Gasteiger partial charge in [0.2, 0.25) is 5.91 Å². The molecule has 0 aliphatic carbocycles. The standard InChI is InChI=1S/C30H41N3O2/c1-5-7-15-28(31-6-2)30(27-14-8-11-23(3)24(27)4)25-12-9-13-26(22-25)32-29(34)16-10-17-33-18-20-35-21-19-33/h6,8-9,11-15,22,30H,5,7,10,16-21H2,1-4H3,(H,32,34)/b28-15-,31-6?. The van der Waals surface area contributed by atoms with Crippen molar-refractivity contribution >= 4 is 17.8 Å². The second kappa shape index (κ2) is 14.0. The Kier molecular flexibility index (Phi) is 10.7. The summed E-state index contributed by atoms with van der Waals surface area (Å²) in [5.74, 6) is 0.0721. The van der Waals surface area contributed by atoms with E-state index in [0.29, 0.717) is 6.42 Å². The molecule has 5 nitrogen and oxygen atoms in total. The third-order valence-electron chi connectivity index (χ3n) is 6.66. The number of aryl methyl sites for hydroxylation is 1. The summed E-state index contributed by atoms with van der Waals surface area (Å²) >= 11 is 0. The predicted octanol–water partition coefficient (Wildman–Crippen LogP) is 6.26. The summed E-state index contributed by atoms with van der Waals surface area (Å²) in [5, 5.41) is 3.13. The monoisotopic (exact) mass is 475 g/mol. The number of morpholine rings is 1. The molecule has 35 heavy (non-hydrogen) atoms. The summed E-state index contributed by atoms with van der Waals surface area (Å²) < 4.78 is 5.40. The Bertz CT molecular complexity index is 1020. The summed E-state index contributed by atoms with van der Waals surface area (Å²) in [5.41, 5.74) is 6.84. The summed E-state index contributed by atoms with van der Waals surface area (Å²) in [6.45, 7) is 12.9. The Morgan fingerprint density at radius 1 is 1.17 bits per heavy atom. The first-order valence-electron chi connectivity index (χ1n) is 13.0. The van der Waals surface area contributed by atoms with Crippen LogP contribution in [0.4, 0.5) is 5.69 Å². The molecule has 1 fully saturated rings. The van der Waals surface area contributed by atoms with E-state index in [1.807, 2.05) is 25.3 Å². The number of nitrogens with zero attached hydrogens (tertiary/aromatic N) is 2. The Morgan fingerprint density at radius 2 is 1.94 bits per heavy atom. The van der Waals surface area contributed by atoms with Gasteiger partial charge in [-0.15, -0.1) is 0 Å². The van der Waals surface area contributed by atoms with Gasteiger partial charge < -0.3 is 10.1 Å². The molecule has 0 radical (unpaired) electrons. The molecule has 1 saturated heterocycles. The lowest BCUT2D eigenvalue weighted by Crippen LogP contribution is -2.37. The Labute approximate surface area is 211 Å². The van der Waals surface area contributed by atoms with Gasteiger partial charge in [-0.1, -0.05) is 49.8 Å². The molecule has 1 amide bonds. The number of anilines is 1.